The van der Waals surface area contributed by atoms with E-state index in [4.69, 9.17) is 16.2 Å². The van der Waals surface area contributed by atoms with Crippen LogP contribution in [0.3, 0.4) is 0 Å². The second kappa shape index (κ2) is 4.46. The minimum atomic E-state index is 0.484. The third-order valence-corrected chi connectivity index (χ3v) is 2.43. The molecule has 1 saturated heterocycles. The SMILES string of the molecule is Nc1cc(CN2CCOCC2)cc(N)n1. The van der Waals surface area contributed by atoms with E-state index in [1.54, 1.807) is 0 Å². The maximum Gasteiger partial charge on any atom is 0.126 e. The average Bonchev–Trinajstić information content (AvgIpc) is 2.17. The molecular formula is C10H16N4O. The smallest absolute Gasteiger partial charge is 0.126 e. The molecule has 1 fully saturated rings. The number of hydrogen-bond acceptors (Lipinski definition) is 5. The van der Waals surface area contributed by atoms with Gasteiger partial charge in [0.1, 0.15) is 11.6 Å². The van der Waals surface area contributed by atoms with Crippen molar-refractivity contribution in [2.24, 2.45) is 0 Å². The van der Waals surface area contributed by atoms with Gasteiger partial charge >= 0.3 is 0 Å². The molecule has 1 aliphatic heterocycles. The summed E-state index contributed by atoms with van der Waals surface area (Å²) in [6.45, 7) is 4.39. The molecule has 0 radical (unpaired) electrons. The number of hydrogen-bond donors (Lipinski definition) is 2. The van der Waals surface area contributed by atoms with Crippen molar-refractivity contribution in [1.82, 2.24) is 9.88 Å². The molecular weight excluding hydrogens is 192 g/mol. The first-order valence-electron chi connectivity index (χ1n) is 5.06. The largest absolute Gasteiger partial charge is 0.384 e. The van der Waals surface area contributed by atoms with Crippen molar-refractivity contribution in [3.63, 3.8) is 0 Å². The van der Waals surface area contributed by atoms with Crippen molar-refractivity contribution in [2.75, 3.05) is 37.8 Å². The molecule has 15 heavy (non-hydrogen) atoms. The van der Waals surface area contributed by atoms with Gasteiger partial charge in [0.25, 0.3) is 0 Å². The maximum absolute atomic E-state index is 5.63. The third kappa shape index (κ3) is 2.81. The minimum Gasteiger partial charge on any atom is -0.384 e. The van der Waals surface area contributed by atoms with Crippen LogP contribution < -0.4 is 11.5 Å². The van der Waals surface area contributed by atoms with Crippen LogP contribution in [0.5, 0.6) is 0 Å². The number of nitrogens with zero attached hydrogens (tertiary/aromatic N) is 2. The average molecular weight is 208 g/mol. The zero-order chi connectivity index (χ0) is 10.7. The highest BCUT2D eigenvalue weighted by atomic mass is 16.5. The highest BCUT2D eigenvalue weighted by molar-refractivity contribution is 5.43. The van der Waals surface area contributed by atoms with Gasteiger partial charge in [-0.05, 0) is 17.7 Å². The Hall–Kier alpha value is -1.33. The van der Waals surface area contributed by atoms with E-state index in [1.807, 2.05) is 12.1 Å². The van der Waals surface area contributed by atoms with Gasteiger partial charge in [-0.25, -0.2) is 4.98 Å². The minimum absolute atomic E-state index is 0.484. The Morgan fingerprint density at radius 1 is 1.20 bits per heavy atom. The summed E-state index contributed by atoms with van der Waals surface area (Å²) in [5.41, 5.74) is 12.4. The first-order valence-corrected chi connectivity index (χ1v) is 5.06. The number of pyridine rings is 1. The molecule has 5 nitrogen and oxygen atoms in total. The summed E-state index contributed by atoms with van der Waals surface area (Å²) in [7, 11) is 0. The van der Waals surface area contributed by atoms with Crippen molar-refractivity contribution < 1.29 is 4.74 Å². The van der Waals surface area contributed by atoms with Crippen LogP contribution >= 0.6 is 0 Å². The summed E-state index contributed by atoms with van der Waals surface area (Å²) in [6.07, 6.45) is 0. The lowest BCUT2D eigenvalue weighted by molar-refractivity contribution is 0.0342. The Balaban J connectivity index is 2.02. The van der Waals surface area contributed by atoms with Crippen LogP contribution in [0.2, 0.25) is 0 Å². The fourth-order valence-electron chi connectivity index (χ4n) is 1.74. The van der Waals surface area contributed by atoms with Gasteiger partial charge in [0.05, 0.1) is 13.2 Å². The summed E-state index contributed by atoms with van der Waals surface area (Å²) in [5.74, 6) is 0.969. The Labute approximate surface area is 89.0 Å². The van der Waals surface area contributed by atoms with E-state index < -0.39 is 0 Å². The lowest BCUT2D eigenvalue weighted by Gasteiger charge is -2.26. The predicted octanol–water partition coefficient (Wildman–Crippen LogP) is 0.0782. The molecule has 0 atom stereocenters. The van der Waals surface area contributed by atoms with Gasteiger partial charge in [-0.1, -0.05) is 0 Å². The van der Waals surface area contributed by atoms with Gasteiger partial charge in [-0.3, -0.25) is 4.90 Å². The quantitative estimate of drug-likeness (QED) is 0.719. The van der Waals surface area contributed by atoms with E-state index in [0.29, 0.717) is 11.6 Å². The molecule has 0 aromatic carbocycles. The monoisotopic (exact) mass is 208 g/mol. The van der Waals surface area contributed by atoms with Crippen molar-refractivity contribution in [1.29, 1.82) is 0 Å². The Bertz CT molecular complexity index is 316. The topological polar surface area (TPSA) is 77.4 Å². The summed E-state index contributed by atoms with van der Waals surface area (Å²) in [4.78, 5) is 6.26. The van der Waals surface area contributed by atoms with Crippen LogP contribution in [0.25, 0.3) is 0 Å². The van der Waals surface area contributed by atoms with Gasteiger partial charge in [0.2, 0.25) is 0 Å². The first kappa shape index (κ1) is 10.2. The normalized spacial score (nSPS) is 17.9. The van der Waals surface area contributed by atoms with E-state index in [2.05, 4.69) is 9.88 Å². The van der Waals surface area contributed by atoms with Crippen LogP contribution in [0, 0.1) is 0 Å². The van der Waals surface area contributed by atoms with Crippen molar-refractivity contribution in [3.8, 4) is 0 Å². The predicted molar refractivity (Wildman–Crippen MR) is 59.2 cm³/mol. The van der Waals surface area contributed by atoms with Crippen LogP contribution in [0.15, 0.2) is 12.1 Å². The zero-order valence-corrected chi connectivity index (χ0v) is 8.65. The first-order chi connectivity index (χ1) is 7.24. The molecule has 2 rings (SSSR count). The van der Waals surface area contributed by atoms with E-state index in [9.17, 15) is 0 Å². The van der Waals surface area contributed by atoms with Gasteiger partial charge in [0, 0.05) is 19.6 Å². The molecule has 0 unspecified atom stereocenters. The lowest BCUT2D eigenvalue weighted by Crippen LogP contribution is -2.35. The highest BCUT2D eigenvalue weighted by Crippen LogP contribution is 2.12. The van der Waals surface area contributed by atoms with E-state index >= 15 is 0 Å². The fourth-order valence-corrected chi connectivity index (χ4v) is 1.74. The number of anilines is 2. The van der Waals surface area contributed by atoms with Gasteiger partial charge in [0.15, 0.2) is 0 Å². The molecule has 5 heteroatoms. The molecule has 0 spiro atoms. The van der Waals surface area contributed by atoms with Crippen LogP contribution in [-0.2, 0) is 11.3 Å². The summed E-state index contributed by atoms with van der Waals surface area (Å²) in [5, 5.41) is 0. The van der Waals surface area contributed by atoms with E-state index in [1.165, 1.54) is 0 Å². The van der Waals surface area contributed by atoms with Crippen LogP contribution in [0.1, 0.15) is 5.56 Å². The second-order valence-electron chi connectivity index (χ2n) is 3.71. The molecule has 0 amide bonds. The number of ether oxygens (including phenoxy) is 1. The summed E-state index contributed by atoms with van der Waals surface area (Å²) < 4.78 is 5.28. The van der Waals surface area contributed by atoms with E-state index in [-0.39, 0.29) is 0 Å². The molecule has 0 bridgehead atoms. The van der Waals surface area contributed by atoms with Crippen LogP contribution in [0.4, 0.5) is 11.6 Å². The van der Waals surface area contributed by atoms with Crippen molar-refractivity contribution >= 4 is 11.6 Å². The molecule has 1 aromatic rings. The highest BCUT2D eigenvalue weighted by Gasteiger charge is 2.11. The molecule has 1 aromatic heterocycles. The fraction of sp³-hybridized carbons (Fsp3) is 0.500. The standard InChI is InChI=1S/C10H16N4O/c11-9-5-8(6-10(12)13-9)7-14-1-3-15-4-2-14/h5-6H,1-4,7H2,(H4,11,12,13). The van der Waals surface area contributed by atoms with Gasteiger partial charge in [-0.15, -0.1) is 0 Å². The molecule has 0 aliphatic carbocycles. The number of aromatic nitrogens is 1. The Morgan fingerprint density at radius 2 is 1.80 bits per heavy atom. The number of rotatable bonds is 2. The van der Waals surface area contributed by atoms with Gasteiger partial charge < -0.3 is 16.2 Å². The summed E-state index contributed by atoms with van der Waals surface area (Å²) in [6, 6.07) is 3.73. The number of nitrogen functional groups attached to an aromatic ring is 2. The number of nitrogens with two attached hydrogens (primary N) is 2. The van der Waals surface area contributed by atoms with Crippen LogP contribution in [-0.4, -0.2) is 36.2 Å². The number of morpholine rings is 1. The molecule has 2 heterocycles. The summed E-state index contributed by atoms with van der Waals surface area (Å²) >= 11 is 0. The zero-order valence-electron chi connectivity index (χ0n) is 8.65. The second-order valence-corrected chi connectivity index (χ2v) is 3.71. The Morgan fingerprint density at radius 3 is 2.40 bits per heavy atom. The van der Waals surface area contributed by atoms with Crippen molar-refractivity contribution in [2.45, 2.75) is 6.54 Å². The third-order valence-electron chi connectivity index (χ3n) is 2.43. The van der Waals surface area contributed by atoms with E-state index in [0.717, 1.165) is 38.4 Å². The lowest BCUT2D eigenvalue weighted by atomic mass is 10.2. The maximum atomic E-state index is 5.63. The Kier molecular flexibility index (Phi) is 3.03. The molecule has 82 valence electrons. The molecule has 1 aliphatic rings. The molecule has 0 saturated carbocycles. The van der Waals surface area contributed by atoms with Gasteiger partial charge in [-0.2, -0.15) is 0 Å². The van der Waals surface area contributed by atoms with Crippen molar-refractivity contribution in [3.05, 3.63) is 17.7 Å². The molecule has 4 N–H and O–H groups in total.